The molecule has 0 radical (unpaired) electrons. The average molecular weight is 345 g/mol. The molecule has 4 heterocycles. The van der Waals surface area contributed by atoms with Crippen molar-refractivity contribution in [1.82, 2.24) is 24.8 Å². The molecule has 8 nitrogen and oxygen atoms in total. The molecule has 2 aromatic rings. The lowest BCUT2D eigenvalue weighted by Crippen LogP contribution is -2.37. The van der Waals surface area contributed by atoms with E-state index in [0.717, 1.165) is 31.9 Å². The van der Waals surface area contributed by atoms with Gasteiger partial charge in [0.1, 0.15) is 23.5 Å². The van der Waals surface area contributed by atoms with Crippen molar-refractivity contribution in [2.45, 2.75) is 32.6 Å². The third-order valence-electron chi connectivity index (χ3n) is 5.73. The second-order valence-corrected chi connectivity index (χ2v) is 7.21. The number of rotatable bonds is 2. The Morgan fingerprint density at radius 1 is 1.32 bits per heavy atom. The van der Waals surface area contributed by atoms with Crippen LogP contribution in [0.2, 0.25) is 0 Å². The van der Waals surface area contributed by atoms with Gasteiger partial charge in [0.15, 0.2) is 0 Å². The highest BCUT2D eigenvalue weighted by molar-refractivity contribution is 5.96. The molecule has 0 aromatic carbocycles. The van der Waals surface area contributed by atoms with Crippen molar-refractivity contribution in [3.05, 3.63) is 29.2 Å². The Hall–Kier alpha value is -2.22. The van der Waals surface area contributed by atoms with Crippen LogP contribution < -0.4 is 0 Å². The van der Waals surface area contributed by atoms with Gasteiger partial charge in [0.2, 0.25) is 0 Å². The number of hydrogen-bond acceptors (Lipinski definition) is 6. The molecule has 8 heteroatoms. The Bertz CT molecular complexity index is 771. The number of nitrogens with zero attached hydrogens (tertiary/aromatic N) is 5. The van der Waals surface area contributed by atoms with Crippen LogP contribution in [0.3, 0.4) is 0 Å². The van der Waals surface area contributed by atoms with E-state index in [0.29, 0.717) is 30.1 Å². The molecule has 0 bridgehead atoms. The van der Waals surface area contributed by atoms with Gasteiger partial charge in [0.25, 0.3) is 5.91 Å². The third kappa shape index (κ3) is 2.55. The molecule has 1 unspecified atom stereocenters. The summed E-state index contributed by atoms with van der Waals surface area (Å²) < 4.78 is 12.7. The molecule has 1 spiro atoms. The first-order chi connectivity index (χ1) is 12.0. The van der Waals surface area contributed by atoms with E-state index in [9.17, 15) is 4.79 Å². The van der Waals surface area contributed by atoms with E-state index in [2.05, 4.69) is 15.4 Å². The van der Waals surface area contributed by atoms with Crippen LogP contribution in [-0.2, 0) is 11.8 Å². The normalized spacial score (nSPS) is 22.7. The summed E-state index contributed by atoms with van der Waals surface area (Å²) in [5.74, 6) is 1.67. The summed E-state index contributed by atoms with van der Waals surface area (Å²) in [4.78, 5) is 15.1. The lowest BCUT2D eigenvalue weighted by molar-refractivity contribution is 0.0108. The molecule has 0 aliphatic carbocycles. The molecular formula is C17H23N5O3. The zero-order valence-electron chi connectivity index (χ0n) is 14.9. The van der Waals surface area contributed by atoms with Gasteiger partial charge in [-0.1, -0.05) is 5.16 Å². The number of aromatic nitrogens is 4. The highest BCUT2D eigenvalue weighted by atomic mass is 16.5. The van der Waals surface area contributed by atoms with Gasteiger partial charge >= 0.3 is 0 Å². The second-order valence-electron chi connectivity index (χ2n) is 7.21. The molecule has 1 amide bonds. The molecule has 0 saturated carbocycles. The molecule has 25 heavy (non-hydrogen) atoms. The van der Waals surface area contributed by atoms with Crippen molar-refractivity contribution < 1.29 is 14.1 Å². The Morgan fingerprint density at radius 3 is 2.68 bits per heavy atom. The zero-order chi connectivity index (χ0) is 17.6. The van der Waals surface area contributed by atoms with E-state index in [1.54, 1.807) is 13.3 Å². The van der Waals surface area contributed by atoms with Gasteiger partial charge in [-0.05, 0) is 26.7 Å². The van der Waals surface area contributed by atoms with Crippen molar-refractivity contribution in [2.24, 2.45) is 12.5 Å². The minimum absolute atomic E-state index is 0.00627. The van der Waals surface area contributed by atoms with Crippen LogP contribution in [-0.4, -0.2) is 57.0 Å². The Labute approximate surface area is 146 Å². The summed E-state index contributed by atoms with van der Waals surface area (Å²) in [7, 11) is 1.96. The number of aryl methyl sites for hydroxylation is 3. The van der Waals surface area contributed by atoms with Crippen LogP contribution in [0.25, 0.3) is 0 Å². The molecule has 2 aliphatic rings. The van der Waals surface area contributed by atoms with Gasteiger partial charge in [-0.2, -0.15) is 0 Å². The summed E-state index contributed by atoms with van der Waals surface area (Å²) in [6, 6.07) is 0. The highest BCUT2D eigenvalue weighted by Gasteiger charge is 2.51. The number of hydrogen-bond donors (Lipinski definition) is 0. The fourth-order valence-electron chi connectivity index (χ4n) is 4.32. The minimum atomic E-state index is -0.00761. The van der Waals surface area contributed by atoms with Crippen LogP contribution >= 0.6 is 0 Å². The van der Waals surface area contributed by atoms with E-state index < -0.39 is 0 Å². The van der Waals surface area contributed by atoms with Gasteiger partial charge in [-0.25, -0.2) is 0 Å². The van der Waals surface area contributed by atoms with Gasteiger partial charge in [0.05, 0.1) is 5.69 Å². The number of likely N-dealkylation sites (tertiary alicyclic amines) is 1. The van der Waals surface area contributed by atoms with Crippen LogP contribution in [0.15, 0.2) is 10.9 Å². The quantitative estimate of drug-likeness (QED) is 0.819. The van der Waals surface area contributed by atoms with Crippen molar-refractivity contribution in [2.75, 3.05) is 26.3 Å². The summed E-state index contributed by atoms with van der Waals surface area (Å²) in [5.41, 5.74) is 1.22. The van der Waals surface area contributed by atoms with Gasteiger partial charge < -0.3 is 18.7 Å². The SMILES string of the molecule is Cc1noc(C)c1C(=O)N1CC(c2nncn2C)C2(CCOCC2)C1. The van der Waals surface area contributed by atoms with Crippen molar-refractivity contribution >= 4 is 5.91 Å². The maximum absolute atomic E-state index is 13.1. The van der Waals surface area contributed by atoms with E-state index in [1.807, 2.05) is 23.4 Å². The summed E-state index contributed by atoms with van der Waals surface area (Å²) >= 11 is 0. The van der Waals surface area contributed by atoms with Gasteiger partial charge in [-0.3, -0.25) is 4.79 Å². The zero-order valence-corrected chi connectivity index (χ0v) is 14.9. The molecule has 2 aliphatic heterocycles. The number of ether oxygens (including phenoxy) is 1. The maximum atomic E-state index is 13.1. The van der Waals surface area contributed by atoms with Crippen molar-refractivity contribution in [1.29, 1.82) is 0 Å². The smallest absolute Gasteiger partial charge is 0.259 e. The van der Waals surface area contributed by atoms with Crippen molar-refractivity contribution in [3.63, 3.8) is 0 Å². The topological polar surface area (TPSA) is 86.3 Å². The number of carbonyl (C=O) groups excluding carboxylic acids is 1. The number of amides is 1. The summed E-state index contributed by atoms with van der Waals surface area (Å²) in [6.45, 7) is 6.38. The lowest BCUT2D eigenvalue weighted by Gasteiger charge is -2.37. The second kappa shape index (κ2) is 5.94. The predicted molar refractivity (Wildman–Crippen MR) is 88.1 cm³/mol. The van der Waals surface area contributed by atoms with Crippen LogP contribution in [0.1, 0.15) is 46.4 Å². The first-order valence-corrected chi connectivity index (χ1v) is 8.65. The van der Waals surface area contributed by atoms with Gasteiger partial charge in [0, 0.05) is 44.7 Å². The Balaban J connectivity index is 1.68. The molecule has 2 fully saturated rings. The summed E-state index contributed by atoms with van der Waals surface area (Å²) in [5, 5.41) is 12.3. The largest absolute Gasteiger partial charge is 0.381 e. The molecule has 134 valence electrons. The molecular weight excluding hydrogens is 322 g/mol. The molecule has 2 saturated heterocycles. The Morgan fingerprint density at radius 2 is 2.08 bits per heavy atom. The van der Waals surface area contributed by atoms with E-state index >= 15 is 0 Å². The first kappa shape index (κ1) is 16.3. The average Bonchev–Trinajstić information content (AvgIpc) is 3.26. The maximum Gasteiger partial charge on any atom is 0.259 e. The molecule has 0 N–H and O–H groups in total. The van der Waals surface area contributed by atoms with Crippen molar-refractivity contribution in [3.8, 4) is 0 Å². The van der Waals surface area contributed by atoms with Crippen LogP contribution in [0, 0.1) is 19.3 Å². The molecule has 2 aromatic heterocycles. The fraction of sp³-hybridized carbons (Fsp3) is 0.647. The van der Waals surface area contributed by atoms with Crippen LogP contribution in [0.4, 0.5) is 0 Å². The fourth-order valence-corrected chi connectivity index (χ4v) is 4.32. The highest BCUT2D eigenvalue weighted by Crippen LogP contribution is 2.49. The van der Waals surface area contributed by atoms with Gasteiger partial charge in [-0.15, -0.1) is 10.2 Å². The predicted octanol–water partition coefficient (Wildman–Crippen LogP) is 1.46. The summed E-state index contributed by atoms with van der Waals surface area (Å²) in [6.07, 6.45) is 3.58. The monoisotopic (exact) mass is 345 g/mol. The lowest BCUT2D eigenvalue weighted by atomic mass is 9.72. The molecule has 4 rings (SSSR count). The van der Waals surface area contributed by atoms with Crippen LogP contribution in [0.5, 0.6) is 0 Å². The number of carbonyl (C=O) groups is 1. The standard InChI is InChI=1S/C17H23N5O3/c1-11-14(12(2)25-20-11)16(23)22-8-13(15-19-18-10-21(15)3)17(9-22)4-6-24-7-5-17/h10,13H,4-9H2,1-3H3. The first-order valence-electron chi connectivity index (χ1n) is 8.65. The third-order valence-corrected chi connectivity index (χ3v) is 5.73. The van der Waals surface area contributed by atoms with E-state index in [-0.39, 0.29) is 17.2 Å². The minimum Gasteiger partial charge on any atom is -0.381 e. The van der Waals surface area contributed by atoms with E-state index in [4.69, 9.17) is 9.26 Å². The Kier molecular flexibility index (Phi) is 3.87. The van der Waals surface area contributed by atoms with E-state index in [1.165, 1.54) is 0 Å². The molecule has 1 atom stereocenters.